The van der Waals surface area contributed by atoms with Gasteiger partial charge in [0.2, 0.25) is 17.7 Å². The molecule has 8 N–H and O–H groups in total. The molecule has 210 valence electrons. The van der Waals surface area contributed by atoms with Crippen LogP contribution in [0.3, 0.4) is 0 Å². The van der Waals surface area contributed by atoms with Crippen molar-refractivity contribution in [2.45, 2.75) is 70.3 Å². The fourth-order valence-electron chi connectivity index (χ4n) is 3.93. The molecule has 1 aromatic carbocycles. The first-order valence-electron chi connectivity index (χ1n) is 12.6. The van der Waals surface area contributed by atoms with Gasteiger partial charge in [0.1, 0.15) is 24.2 Å². The van der Waals surface area contributed by atoms with Crippen molar-refractivity contribution in [3.8, 4) is 0 Å². The van der Waals surface area contributed by atoms with Gasteiger partial charge in [0.25, 0.3) is 0 Å². The molecule has 0 saturated heterocycles. The number of carbonyl (C=O) groups is 4. The number of aromatic nitrogens is 1. The molecule has 1 heterocycles. The molecule has 38 heavy (non-hydrogen) atoms. The Bertz CT molecular complexity index is 1110. The van der Waals surface area contributed by atoms with Crippen molar-refractivity contribution in [2.75, 3.05) is 12.0 Å². The lowest BCUT2D eigenvalue weighted by Crippen LogP contribution is -2.59. The van der Waals surface area contributed by atoms with Crippen LogP contribution in [0.1, 0.15) is 39.2 Å². The van der Waals surface area contributed by atoms with Crippen LogP contribution in [0.25, 0.3) is 10.9 Å². The highest BCUT2D eigenvalue weighted by molar-refractivity contribution is 7.98. The molecule has 0 spiro atoms. The molecule has 0 bridgehead atoms. The minimum absolute atomic E-state index is 0.0917. The third-order valence-corrected chi connectivity index (χ3v) is 7.22. The second-order valence-electron chi connectivity index (χ2n) is 9.44. The van der Waals surface area contributed by atoms with Gasteiger partial charge in [-0.25, -0.2) is 4.79 Å². The van der Waals surface area contributed by atoms with E-state index in [4.69, 9.17) is 5.73 Å². The van der Waals surface area contributed by atoms with Crippen molar-refractivity contribution in [1.29, 1.82) is 0 Å². The number of aliphatic hydroxyl groups excluding tert-OH is 1. The van der Waals surface area contributed by atoms with Gasteiger partial charge in [-0.2, -0.15) is 11.8 Å². The summed E-state index contributed by atoms with van der Waals surface area (Å²) in [6.45, 7) is 5.00. The molecule has 2 rings (SSSR count). The van der Waals surface area contributed by atoms with Gasteiger partial charge in [0, 0.05) is 23.5 Å². The number of para-hydroxylation sites is 1. The van der Waals surface area contributed by atoms with E-state index >= 15 is 0 Å². The number of rotatable bonds is 15. The lowest BCUT2D eigenvalue weighted by molar-refractivity contribution is -0.142. The summed E-state index contributed by atoms with van der Waals surface area (Å²) in [7, 11) is 0. The van der Waals surface area contributed by atoms with E-state index < -0.39 is 54.0 Å². The number of hydrogen-bond donors (Lipinski definition) is 7. The summed E-state index contributed by atoms with van der Waals surface area (Å²) in [6.07, 6.45) is 3.31. The van der Waals surface area contributed by atoms with Crippen LogP contribution in [0.15, 0.2) is 30.5 Å². The Hall–Kier alpha value is -3.09. The first-order chi connectivity index (χ1) is 18.0. The van der Waals surface area contributed by atoms with E-state index in [2.05, 4.69) is 20.9 Å². The van der Waals surface area contributed by atoms with Gasteiger partial charge in [0.05, 0.1) is 6.10 Å². The number of nitrogens with two attached hydrogens (primary N) is 1. The number of nitrogens with one attached hydrogen (secondary N) is 4. The largest absolute Gasteiger partial charge is 0.480 e. The smallest absolute Gasteiger partial charge is 0.326 e. The second-order valence-corrected chi connectivity index (χ2v) is 10.4. The second kappa shape index (κ2) is 14.7. The summed E-state index contributed by atoms with van der Waals surface area (Å²) in [5.74, 6) is -2.89. The van der Waals surface area contributed by atoms with Gasteiger partial charge < -0.3 is 36.9 Å². The Balaban J connectivity index is 2.31. The van der Waals surface area contributed by atoms with E-state index in [-0.39, 0.29) is 18.8 Å². The van der Waals surface area contributed by atoms with E-state index in [0.29, 0.717) is 12.2 Å². The molecule has 0 aliphatic carbocycles. The van der Waals surface area contributed by atoms with E-state index in [9.17, 15) is 29.4 Å². The van der Waals surface area contributed by atoms with Crippen molar-refractivity contribution in [1.82, 2.24) is 20.9 Å². The van der Waals surface area contributed by atoms with Crippen molar-refractivity contribution in [3.05, 3.63) is 36.0 Å². The maximum atomic E-state index is 13.5. The van der Waals surface area contributed by atoms with Crippen LogP contribution in [0.4, 0.5) is 0 Å². The number of carbonyl (C=O) groups excluding carboxylic acids is 3. The molecule has 0 fully saturated rings. The summed E-state index contributed by atoms with van der Waals surface area (Å²) in [5, 5.41) is 28.0. The number of aliphatic hydroxyl groups is 1. The summed E-state index contributed by atoms with van der Waals surface area (Å²) in [6, 6.07) is 3.00. The maximum absolute atomic E-state index is 13.5. The normalized spacial score (nSPS) is 16.1. The number of thioether (sulfide) groups is 1. The number of aromatic amines is 1. The van der Waals surface area contributed by atoms with Crippen LogP contribution in [0.5, 0.6) is 0 Å². The number of carboxylic acids is 1. The van der Waals surface area contributed by atoms with E-state index in [0.717, 1.165) is 16.5 Å². The number of hydrogen-bond acceptors (Lipinski definition) is 7. The number of amides is 3. The van der Waals surface area contributed by atoms with E-state index in [1.807, 2.05) is 37.4 Å². The minimum Gasteiger partial charge on any atom is -0.480 e. The van der Waals surface area contributed by atoms with Crippen LogP contribution < -0.4 is 21.7 Å². The van der Waals surface area contributed by atoms with Gasteiger partial charge in [-0.05, 0) is 42.9 Å². The predicted molar refractivity (Wildman–Crippen MR) is 148 cm³/mol. The first kappa shape index (κ1) is 31.1. The van der Waals surface area contributed by atoms with Gasteiger partial charge >= 0.3 is 5.97 Å². The number of fused-ring (bicyclic) bond motifs is 1. The SMILES string of the molecule is CCC(C)C(NC(=O)C(Cc1c[nH]c2ccccc12)NC(=O)C(N)C(C)O)C(=O)NC(CCSC)C(=O)O. The molecule has 12 heteroatoms. The molecular weight excluding hydrogens is 510 g/mol. The molecule has 11 nitrogen and oxygen atoms in total. The van der Waals surface area contributed by atoms with Crippen LogP contribution in [0.2, 0.25) is 0 Å². The molecule has 6 unspecified atom stereocenters. The highest BCUT2D eigenvalue weighted by Gasteiger charge is 2.33. The number of H-pyrrole nitrogens is 1. The first-order valence-corrected chi connectivity index (χ1v) is 14.0. The average molecular weight is 550 g/mol. The lowest BCUT2D eigenvalue weighted by Gasteiger charge is -2.28. The maximum Gasteiger partial charge on any atom is 0.326 e. The zero-order valence-corrected chi connectivity index (χ0v) is 23.0. The fourth-order valence-corrected chi connectivity index (χ4v) is 4.40. The zero-order valence-electron chi connectivity index (χ0n) is 22.2. The monoisotopic (exact) mass is 549 g/mol. The van der Waals surface area contributed by atoms with Crippen LogP contribution in [-0.2, 0) is 25.6 Å². The Morgan fingerprint density at radius 2 is 1.68 bits per heavy atom. The summed E-state index contributed by atoms with van der Waals surface area (Å²) < 4.78 is 0. The molecule has 2 aromatic rings. The molecule has 1 aromatic heterocycles. The Morgan fingerprint density at radius 3 is 2.29 bits per heavy atom. The van der Waals surface area contributed by atoms with Crippen molar-refractivity contribution in [3.63, 3.8) is 0 Å². The summed E-state index contributed by atoms with van der Waals surface area (Å²) >= 11 is 1.47. The van der Waals surface area contributed by atoms with Crippen LogP contribution in [0, 0.1) is 5.92 Å². The molecular formula is C26H39N5O6S. The number of aliphatic carboxylic acids is 1. The van der Waals surface area contributed by atoms with Crippen molar-refractivity contribution < 1.29 is 29.4 Å². The van der Waals surface area contributed by atoms with Gasteiger partial charge in [-0.3, -0.25) is 14.4 Å². The molecule has 6 atom stereocenters. The third-order valence-electron chi connectivity index (χ3n) is 6.57. The molecule has 0 saturated carbocycles. The summed E-state index contributed by atoms with van der Waals surface area (Å²) in [4.78, 5) is 54.2. The van der Waals surface area contributed by atoms with Gasteiger partial charge in [-0.1, -0.05) is 38.5 Å². The van der Waals surface area contributed by atoms with E-state index in [1.165, 1.54) is 18.7 Å². The Labute approximate surface area is 226 Å². The number of benzene rings is 1. The highest BCUT2D eigenvalue weighted by Crippen LogP contribution is 2.20. The molecule has 3 amide bonds. The average Bonchev–Trinajstić information content (AvgIpc) is 3.30. The molecule has 0 aliphatic rings. The predicted octanol–water partition coefficient (Wildman–Crippen LogP) is 0.757. The number of carboxylic acid groups (broad SMARTS) is 1. The van der Waals surface area contributed by atoms with Crippen molar-refractivity contribution in [2.24, 2.45) is 11.7 Å². The minimum atomic E-state index is -1.25. The van der Waals surface area contributed by atoms with Gasteiger partial charge in [-0.15, -0.1) is 0 Å². The zero-order chi connectivity index (χ0) is 28.4. The van der Waals surface area contributed by atoms with E-state index in [1.54, 1.807) is 13.1 Å². The third kappa shape index (κ3) is 8.47. The quantitative estimate of drug-likeness (QED) is 0.170. The standard InChI is InChI=1S/C26H39N5O6S/c1-5-14(2)22(25(35)29-19(26(36)37)10-11-38-4)31-23(33)20(30-24(34)21(27)15(3)32)12-16-13-28-18-9-7-6-8-17(16)18/h6-9,13-15,19-22,28,32H,5,10-12,27H2,1-4H3,(H,29,35)(H,30,34)(H,31,33)(H,36,37). The Kier molecular flexibility index (Phi) is 12.1. The topological polar surface area (TPSA) is 187 Å². The molecule has 0 aliphatic heterocycles. The lowest BCUT2D eigenvalue weighted by atomic mass is 9.96. The fraction of sp³-hybridized carbons (Fsp3) is 0.538. The van der Waals surface area contributed by atoms with Crippen LogP contribution in [-0.4, -0.2) is 81.2 Å². The van der Waals surface area contributed by atoms with Gasteiger partial charge in [0.15, 0.2) is 0 Å². The van der Waals surface area contributed by atoms with Crippen LogP contribution >= 0.6 is 11.8 Å². The summed E-state index contributed by atoms with van der Waals surface area (Å²) in [5.41, 5.74) is 7.41. The molecule has 0 radical (unpaired) electrons. The van der Waals surface area contributed by atoms with Crippen molar-refractivity contribution >= 4 is 46.4 Å². The highest BCUT2D eigenvalue weighted by atomic mass is 32.2. The Morgan fingerprint density at radius 1 is 1.03 bits per heavy atom.